The van der Waals surface area contributed by atoms with Gasteiger partial charge < -0.3 is 33.5 Å². The molecule has 9 heteroatoms. The zero-order valence-corrected chi connectivity index (χ0v) is 19.0. The maximum Gasteiger partial charge on any atom is 0.314 e. The Hall–Kier alpha value is -1.26. The lowest BCUT2D eigenvalue weighted by atomic mass is 9.73. The van der Waals surface area contributed by atoms with Crippen molar-refractivity contribution in [3.63, 3.8) is 0 Å². The van der Waals surface area contributed by atoms with Crippen LogP contribution in [0.1, 0.15) is 54.4 Å². The first-order valence-electron chi connectivity index (χ1n) is 11.2. The van der Waals surface area contributed by atoms with Gasteiger partial charge in [-0.3, -0.25) is 9.59 Å². The highest BCUT2D eigenvalue weighted by atomic mass is 16.9. The third-order valence-electron chi connectivity index (χ3n) is 7.21. The molecule has 9 unspecified atom stereocenters. The molecule has 9 atom stereocenters. The first-order chi connectivity index (χ1) is 14.5. The molecule has 9 nitrogen and oxygen atoms in total. The molecule has 0 saturated carbocycles. The third-order valence-corrected chi connectivity index (χ3v) is 7.21. The molecule has 1 N–H and O–H groups in total. The Labute approximate surface area is 182 Å². The van der Waals surface area contributed by atoms with Gasteiger partial charge in [-0.05, 0) is 32.1 Å². The van der Waals surface area contributed by atoms with Gasteiger partial charge in [0.05, 0.1) is 12.0 Å². The third kappa shape index (κ3) is 3.78. The summed E-state index contributed by atoms with van der Waals surface area (Å²) in [5, 5.41) is 10.5. The van der Waals surface area contributed by atoms with Crippen molar-refractivity contribution in [3.05, 3.63) is 0 Å². The molecular formula is C22H34O9. The van der Waals surface area contributed by atoms with Crippen molar-refractivity contribution in [1.29, 1.82) is 0 Å². The monoisotopic (exact) mass is 442 g/mol. The van der Waals surface area contributed by atoms with Crippen LogP contribution in [-0.2, 0) is 38.0 Å². The lowest BCUT2D eigenvalue weighted by Crippen LogP contribution is -2.45. The van der Waals surface area contributed by atoms with E-state index in [2.05, 4.69) is 13.8 Å². The maximum atomic E-state index is 13.1. The fourth-order valence-corrected chi connectivity index (χ4v) is 5.14. The van der Waals surface area contributed by atoms with E-state index in [-0.39, 0.29) is 17.9 Å². The van der Waals surface area contributed by atoms with Gasteiger partial charge in [-0.2, -0.15) is 0 Å². The van der Waals surface area contributed by atoms with Gasteiger partial charge in [0, 0.05) is 6.42 Å². The Morgan fingerprint density at radius 3 is 2.48 bits per heavy atom. The van der Waals surface area contributed by atoms with Crippen LogP contribution in [0.5, 0.6) is 0 Å². The number of carbonyl (C=O) groups is 2. The number of hydrogen-bond acceptors (Lipinski definition) is 9. The summed E-state index contributed by atoms with van der Waals surface area (Å²) >= 11 is 0. The number of hydrogen-bond donors (Lipinski definition) is 1. The molecule has 4 heterocycles. The van der Waals surface area contributed by atoms with Crippen molar-refractivity contribution >= 4 is 11.9 Å². The molecular weight excluding hydrogens is 408 g/mol. The largest absolute Gasteiger partial charge is 0.465 e. The zero-order chi connectivity index (χ0) is 22.7. The van der Waals surface area contributed by atoms with Crippen molar-refractivity contribution in [2.45, 2.75) is 97.2 Å². The molecule has 31 heavy (non-hydrogen) atoms. The van der Waals surface area contributed by atoms with E-state index in [1.165, 1.54) is 0 Å². The number of esters is 2. The molecule has 0 aromatic rings. The second-order valence-corrected chi connectivity index (χ2v) is 10.2. The lowest BCUT2D eigenvalue weighted by Gasteiger charge is -2.35. The summed E-state index contributed by atoms with van der Waals surface area (Å²) in [5.74, 6) is -2.13. The second-order valence-electron chi connectivity index (χ2n) is 10.2. The van der Waals surface area contributed by atoms with Crippen LogP contribution in [0.3, 0.4) is 0 Å². The predicted octanol–water partition coefficient (Wildman–Crippen LogP) is 1.74. The van der Waals surface area contributed by atoms with Crippen LogP contribution in [0, 0.1) is 23.2 Å². The molecule has 0 bridgehead atoms. The standard InChI is InChI=1S/C22H34O9/c1-10(2)9-21(5,11(3)4)20(25)29-15-13-14(27-18(15)24)16-19(28-13)31-22(6,30-16)12-7-8-26-17(12)23/h10-16,18-19,24H,7-9H2,1-6H3. The van der Waals surface area contributed by atoms with Crippen LogP contribution in [0.25, 0.3) is 0 Å². The summed E-state index contributed by atoms with van der Waals surface area (Å²) < 4.78 is 34.5. The van der Waals surface area contributed by atoms with Gasteiger partial charge in [0.2, 0.25) is 0 Å². The number of carbonyl (C=O) groups excluding carboxylic acids is 2. The van der Waals surface area contributed by atoms with Gasteiger partial charge in [-0.25, -0.2) is 0 Å². The zero-order valence-electron chi connectivity index (χ0n) is 19.0. The highest BCUT2D eigenvalue weighted by Gasteiger charge is 2.66. The summed E-state index contributed by atoms with van der Waals surface area (Å²) in [6.45, 7) is 12.0. The first kappa shape index (κ1) is 22.9. The summed E-state index contributed by atoms with van der Waals surface area (Å²) in [4.78, 5) is 25.1. The SMILES string of the molecule is CC(C)CC(C)(C(=O)OC1C(O)OC2C3OC(C)(C4CCOC4=O)OC3OC12)C(C)C. The maximum absolute atomic E-state index is 13.1. The normalized spacial score (nSPS) is 43.8. The van der Waals surface area contributed by atoms with E-state index in [0.29, 0.717) is 25.4 Å². The fraction of sp³-hybridized carbons (Fsp3) is 0.909. The van der Waals surface area contributed by atoms with Gasteiger partial charge in [0.25, 0.3) is 0 Å². The first-order valence-corrected chi connectivity index (χ1v) is 11.2. The lowest BCUT2D eigenvalue weighted by molar-refractivity contribution is -0.246. The van der Waals surface area contributed by atoms with E-state index in [1.54, 1.807) is 6.92 Å². The Bertz CT molecular complexity index is 724. The van der Waals surface area contributed by atoms with Gasteiger partial charge in [-0.15, -0.1) is 0 Å². The highest BCUT2D eigenvalue weighted by molar-refractivity contribution is 5.77. The van der Waals surface area contributed by atoms with Crippen LogP contribution < -0.4 is 0 Å². The summed E-state index contributed by atoms with van der Waals surface area (Å²) in [5.41, 5.74) is -0.700. The number of aliphatic hydroxyl groups is 1. The quantitative estimate of drug-likeness (QED) is 0.615. The molecule has 0 aliphatic carbocycles. The summed E-state index contributed by atoms with van der Waals surface area (Å²) in [6, 6.07) is 0. The Balaban J connectivity index is 1.45. The van der Waals surface area contributed by atoms with Gasteiger partial charge >= 0.3 is 11.9 Å². The molecule has 0 aromatic heterocycles. The minimum atomic E-state index is -1.33. The molecule has 4 rings (SSSR count). The number of ether oxygens (including phenoxy) is 6. The summed E-state index contributed by atoms with van der Waals surface area (Å²) in [6.07, 6.45) is -3.98. The fourth-order valence-electron chi connectivity index (χ4n) is 5.14. The molecule has 0 radical (unpaired) electrons. The number of fused-ring (bicyclic) bond motifs is 3. The molecule has 4 aliphatic heterocycles. The van der Waals surface area contributed by atoms with E-state index in [1.807, 2.05) is 20.8 Å². The topological polar surface area (TPSA) is 110 Å². The highest BCUT2D eigenvalue weighted by Crippen LogP contribution is 2.48. The van der Waals surface area contributed by atoms with E-state index >= 15 is 0 Å². The molecule has 0 aromatic carbocycles. The minimum absolute atomic E-state index is 0.0556. The molecule has 4 fully saturated rings. The molecule has 176 valence electrons. The molecule has 4 saturated heterocycles. The van der Waals surface area contributed by atoms with Crippen LogP contribution in [0.4, 0.5) is 0 Å². The van der Waals surface area contributed by atoms with Crippen LogP contribution in [0.15, 0.2) is 0 Å². The van der Waals surface area contributed by atoms with Gasteiger partial charge in [0.1, 0.15) is 24.2 Å². The predicted molar refractivity (Wildman–Crippen MR) is 105 cm³/mol. The Morgan fingerprint density at radius 1 is 1.19 bits per heavy atom. The van der Waals surface area contributed by atoms with Crippen LogP contribution >= 0.6 is 0 Å². The van der Waals surface area contributed by atoms with Crippen molar-refractivity contribution in [2.24, 2.45) is 23.2 Å². The van der Waals surface area contributed by atoms with Gasteiger partial charge in [-0.1, -0.05) is 27.7 Å². The number of aliphatic hydroxyl groups excluding tert-OH is 1. The van der Waals surface area contributed by atoms with Gasteiger partial charge in [0.15, 0.2) is 24.5 Å². The van der Waals surface area contributed by atoms with Crippen molar-refractivity contribution < 1.29 is 43.1 Å². The average Bonchev–Trinajstić information content (AvgIpc) is 3.38. The molecule has 4 aliphatic rings. The Morgan fingerprint density at radius 2 is 1.90 bits per heavy atom. The summed E-state index contributed by atoms with van der Waals surface area (Å²) in [7, 11) is 0. The number of rotatable bonds is 6. The van der Waals surface area contributed by atoms with Crippen molar-refractivity contribution in [2.75, 3.05) is 6.61 Å². The smallest absolute Gasteiger partial charge is 0.314 e. The van der Waals surface area contributed by atoms with Crippen molar-refractivity contribution in [1.82, 2.24) is 0 Å². The molecule has 0 amide bonds. The number of cyclic esters (lactones) is 1. The Kier molecular flexibility index (Phi) is 5.88. The van der Waals surface area contributed by atoms with Crippen LogP contribution in [0.2, 0.25) is 0 Å². The minimum Gasteiger partial charge on any atom is -0.465 e. The van der Waals surface area contributed by atoms with E-state index in [9.17, 15) is 14.7 Å². The second kappa shape index (κ2) is 7.95. The average molecular weight is 443 g/mol. The van der Waals surface area contributed by atoms with E-state index < -0.39 is 54.1 Å². The van der Waals surface area contributed by atoms with Crippen molar-refractivity contribution in [3.8, 4) is 0 Å². The van der Waals surface area contributed by atoms with E-state index in [4.69, 9.17) is 28.4 Å². The van der Waals surface area contributed by atoms with E-state index in [0.717, 1.165) is 0 Å². The van der Waals surface area contributed by atoms with Crippen LogP contribution in [-0.4, -0.2) is 66.4 Å². The molecule has 0 spiro atoms.